The molecule has 0 aliphatic heterocycles. The Morgan fingerprint density at radius 3 is 2.29 bits per heavy atom. The van der Waals surface area contributed by atoms with Crippen LogP contribution >= 0.6 is 0 Å². The van der Waals surface area contributed by atoms with Crippen molar-refractivity contribution in [1.29, 1.82) is 0 Å². The number of nitrogens with one attached hydrogen (secondary N) is 1. The number of carbonyl (C=O) groups excluding carboxylic acids is 2. The maximum absolute atomic E-state index is 11.3. The van der Waals surface area contributed by atoms with Gasteiger partial charge in [0.2, 0.25) is 11.8 Å². The van der Waals surface area contributed by atoms with Crippen LogP contribution in [-0.4, -0.2) is 23.4 Å². The van der Waals surface area contributed by atoms with E-state index in [0.29, 0.717) is 12.8 Å². The largest absolute Gasteiger partial charge is 0.368 e. The normalized spacial score (nSPS) is 13.4. The van der Waals surface area contributed by atoms with Gasteiger partial charge in [0.15, 0.2) is 0 Å². The van der Waals surface area contributed by atoms with Gasteiger partial charge in [0.1, 0.15) is 5.54 Å². The summed E-state index contributed by atoms with van der Waals surface area (Å²) in [4.78, 5) is 22.2. The van der Waals surface area contributed by atoms with Crippen LogP contribution < -0.4 is 16.8 Å². The Bertz CT molecular complexity index is 224. The number of rotatable bonds is 5. The van der Waals surface area contributed by atoms with Crippen LogP contribution in [0.5, 0.6) is 0 Å². The van der Waals surface area contributed by atoms with Crippen molar-refractivity contribution in [3.63, 3.8) is 0 Å². The van der Waals surface area contributed by atoms with E-state index in [1.807, 2.05) is 6.92 Å². The van der Waals surface area contributed by atoms with Crippen molar-refractivity contribution in [3.05, 3.63) is 0 Å². The molecule has 0 saturated heterocycles. The lowest BCUT2D eigenvalue weighted by Gasteiger charge is -2.22. The van der Waals surface area contributed by atoms with Gasteiger partial charge in [-0.2, -0.15) is 0 Å². The van der Waals surface area contributed by atoms with Crippen LogP contribution in [0.2, 0.25) is 0 Å². The van der Waals surface area contributed by atoms with E-state index in [1.54, 1.807) is 13.8 Å². The van der Waals surface area contributed by atoms with Gasteiger partial charge in [0, 0.05) is 12.5 Å². The zero-order valence-corrected chi connectivity index (χ0v) is 8.96. The Morgan fingerprint density at radius 2 is 1.93 bits per heavy atom. The van der Waals surface area contributed by atoms with Gasteiger partial charge in [0.05, 0.1) is 0 Å². The molecule has 0 heterocycles. The molecule has 82 valence electrons. The molecule has 14 heavy (non-hydrogen) atoms. The third kappa shape index (κ3) is 4.81. The van der Waals surface area contributed by atoms with E-state index in [2.05, 4.69) is 5.32 Å². The van der Waals surface area contributed by atoms with Gasteiger partial charge in [-0.25, -0.2) is 0 Å². The summed E-state index contributed by atoms with van der Waals surface area (Å²) in [5.41, 5.74) is 9.60. The molecule has 5 N–H and O–H groups in total. The predicted molar refractivity (Wildman–Crippen MR) is 54.3 cm³/mol. The van der Waals surface area contributed by atoms with E-state index in [9.17, 15) is 9.59 Å². The maximum atomic E-state index is 11.3. The fraction of sp³-hybridized carbons (Fsp3) is 0.778. The highest BCUT2D eigenvalue weighted by Gasteiger charge is 2.26. The van der Waals surface area contributed by atoms with Crippen molar-refractivity contribution < 1.29 is 9.59 Å². The molecule has 0 aliphatic rings. The molecule has 0 radical (unpaired) electrons. The van der Waals surface area contributed by atoms with Crippen LogP contribution in [0.3, 0.4) is 0 Å². The van der Waals surface area contributed by atoms with Crippen molar-refractivity contribution >= 4 is 11.8 Å². The lowest BCUT2D eigenvalue weighted by molar-refractivity contribution is -0.130. The fourth-order valence-electron chi connectivity index (χ4n) is 0.831. The first-order valence-electron chi connectivity index (χ1n) is 4.62. The Hall–Kier alpha value is -1.10. The molecule has 0 spiro atoms. The van der Waals surface area contributed by atoms with Crippen molar-refractivity contribution in [1.82, 2.24) is 5.32 Å². The van der Waals surface area contributed by atoms with Crippen molar-refractivity contribution in [2.75, 3.05) is 0 Å². The lowest BCUT2D eigenvalue weighted by atomic mass is 10.0. The van der Waals surface area contributed by atoms with E-state index in [4.69, 9.17) is 11.5 Å². The Labute approximate surface area is 84.2 Å². The SMILES string of the molecule is CC(N)CCC(=O)NC(C)(C)C(N)=O. The first-order valence-corrected chi connectivity index (χ1v) is 4.62. The standard InChI is InChI=1S/C9H19N3O2/c1-6(10)4-5-7(13)12-9(2,3)8(11)14/h6H,4-5,10H2,1-3H3,(H2,11,14)(H,12,13). The summed E-state index contributed by atoms with van der Waals surface area (Å²) in [6.07, 6.45) is 0.912. The highest BCUT2D eigenvalue weighted by Crippen LogP contribution is 2.02. The number of nitrogens with two attached hydrogens (primary N) is 2. The van der Waals surface area contributed by atoms with Gasteiger partial charge in [-0.15, -0.1) is 0 Å². The third-order valence-corrected chi connectivity index (χ3v) is 1.89. The average Bonchev–Trinajstić information content (AvgIpc) is 1.99. The first kappa shape index (κ1) is 12.9. The quantitative estimate of drug-likeness (QED) is 0.559. The monoisotopic (exact) mass is 201 g/mol. The molecule has 0 bridgehead atoms. The van der Waals surface area contributed by atoms with E-state index < -0.39 is 11.4 Å². The number of primary amides is 1. The Balaban J connectivity index is 4.00. The van der Waals surface area contributed by atoms with Gasteiger partial charge < -0.3 is 16.8 Å². The molecular weight excluding hydrogens is 182 g/mol. The van der Waals surface area contributed by atoms with Gasteiger partial charge >= 0.3 is 0 Å². The molecule has 0 saturated carbocycles. The summed E-state index contributed by atoms with van der Waals surface area (Å²) >= 11 is 0. The second kappa shape index (κ2) is 4.95. The molecular formula is C9H19N3O2. The second-order valence-corrected chi connectivity index (χ2v) is 4.05. The van der Waals surface area contributed by atoms with Crippen molar-refractivity contribution in [2.24, 2.45) is 11.5 Å². The number of carbonyl (C=O) groups is 2. The molecule has 1 unspecified atom stereocenters. The number of amides is 2. The van der Waals surface area contributed by atoms with Crippen LogP contribution in [0.15, 0.2) is 0 Å². The molecule has 0 aromatic heterocycles. The smallest absolute Gasteiger partial charge is 0.242 e. The third-order valence-electron chi connectivity index (χ3n) is 1.89. The van der Waals surface area contributed by atoms with Crippen LogP contribution in [0.25, 0.3) is 0 Å². The van der Waals surface area contributed by atoms with E-state index >= 15 is 0 Å². The molecule has 2 amide bonds. The minimum atomic E-state index is -0.991. The van der Waals surface area contributed by atoms with Gasteiger partial charge in [-0.1, -0.05) is 0 Å². The highest BCUT2D eigenvalue weighted by atomic mass is 16.2. The molecule has 0 rings (SSSR count). The topological polar surface area (TPSA) is 98.2 Å². The summed E-state index contributed by atoms with van der Waals surface area (Å²) in [6.45, 7) is 4.96. The summed E-state index contributed by atoms with van der Waals surface area (Å²) in [5, 5.41) is 2.54. The number of hydrogen-bond acceptors (Lipinski definition) is 3. The molecule has 0 aromatic rings. The van der Waals surface area contributed by atoms with Gasteiger partial charge in [-0.3, -0.25) is 9.59 Å². The zero-order valence-electron chi connectivity index (χ0n) is 8.96. The Morgan fingerprint density at radius 1 is 1.43 bits per heavy atom. The van der Waals surface area contributed by atoms with Crippen molar-refractivity contribution in [2.45, 2.75) is 45.2 Å². The van der Waals surface area contributed by atoms with Crippen LogP contribution in [-0.2, 0) is 9.59 Å². The molecule has 1 atom stereocenters. The first-order chi connectivity index (χ1) is 6.25. The van der Waals surface area contributed by atoms with Gasteiger partial charge in [-0.05, 0) is 27.2 Å². The molecule has 0 fully saturated rings. The van der Waals surface area contributed by atoms with Gasteiger partial charge in [0.25, 0.3) is 0 Å². The summed E-state index contributed by atoms with van der Waals surface area (Å²) in [6, 6.07) is -0.0163. The lowest BCUT2D eigenvalue weighted by Crippen LogP contribution is -2.53. The van der Waals surface area contributed by atoms with Crippen LogP contribution in [0, 0.1) is 0 Å². The number of hydrogen-bond donors (Lipinski definition) is 3. The zero-order chi connectivity index (χ0) is 11.4. The molecule has 0 aromatic carbocycles. The Kier molecular flexibility index (Phi) is 4.56. The van der Waals surface area contributed by atoms with Crippen LogP contribution in [0.4, 0.5) is 0 Å². The summed E-state index contributed by atoms with van der Waals surface area (Å²) in [5.74, 6) is -0.752. The van der Waals surface area contributed by atoms with E-state index in [1.165, 1.54) is 0 Å². The summed E-state index contributed by atoms with van der Waals surface area (Å²) in [7, 11) is 0. The highest BCUT2D eigenvalue weighted by molar-refractivity contribution is 5.89. The van der Waals surface area contributed by atoms with Crippen molar-refractivity contribution in [3.8, 4) is 0 Å². The maximum Gasteiger partial charge on any atom is 0.242 e. The minimum absolute atomic E-state index is 0.0163. The molecule has 0 aliphatic carbocycles. The second-order valence-electron chi connectivity index (χ2n) is 4.05. The molecule has 5 nitrogen and oxygen atoms in total. The predicted octanol–water partition coefficient (Wildman–Crippen LogP) is -0.506. The fourth-order valence-corrected chi connectivity index (χ4v) is 0.831. The molecule has 5 heteroatoms. The van der Waals surface area contributed by atoms with E-state index in [0.717, 1.165) is 0 Å². The average molecular weight is 201 g/mol. The van der Waals surface area contributed by atoms with E-state index in [-0.39, 0.29) is 11.9 Å². The summed E-state index contributed by atoms with van der Waals surface area (Å²) < 4.78 is 0. The van der Waals surface area contributed by atoms with Crippen LogP contribution in [0.1, 0.15) is 33.6 Å². The minimum Gasteiger partial charge on any atom is -0.368 e.